The van der Waals surface area contributed by atoms with Crippen molar-refractivity contribution in [2.45, 2.75) is 37.9 Å². The van der Waals surface area contributed by atoms with Gasteiger partial charge in [-0.25, -0.2) is 0 Å². The number of hydrogen-bond acceptors (Lipinski definition) is 6. The van der Waals surface area contributed by atoms with Crippen molar-refractivity contribution in [3.05, 3.63) is 0 Å². The summed E-state index contributed by atoms with van der Waals surface area (Å²) in [5, 5.41) is 29.8. The Kier molecular flexibility index (Phi) is 7.52. The van der Waals surface area contributed by atoms with Crippen LogP contribution in [-0.2, 0) is 24.0 Å². The van der Waals surface area contributed by atoms with Crippen LogP contribution < -0.4 is 16.4 Å². The van der Waals surface area contributed by atoms with Gasteiger partial charge in [0.1, 0.15) is 12.1 Å². The summed E-state index contributed by atoms with van der Waals surface area (Å²) in [5.41, 5.74) is 5.28. The van der Waals surface area contributed by atoms with Crippen molar-refractivity contribution in [1.29, 1.82) is 0 Å². The number of carboxylic acid groups (broad SMARTS) is 3. The molecule has 0 spiro atoms. The minimum atomic E-state index is -1.58. The van der Waals surface area contributed by atoms with Crippen LogP contribution >= 0.6 is 0 Å². The van der Waals surface area contributed by atoms with Gasteiger partial charge in [-0.05, 0) is 6.92 Å². The zero-order chi connectivity index (χ0) is 17.4. The maximum absolute atomic E-state index is 11.8. The molecule has 3 atom stereocenters. The summed E-state index contributed by atoms with van der Waals surface area (Å²) in [7, 11) is 0. The molecule has 7 N–H and O–H groups in total. The molecule has 0 aliphatic carbocycles. The molecule has 0 aromatic heterocycles. The highest BCUT2D eigenvalue weighted by molar-refractivity contribution is 5.94. The van der Waals surface area contributed by atoms with Crippen LogP contribution in [0.5, 0.6) is 0 Å². The van der Waals surface area contributed by atoms with E-state index in [0.29, 0.717) is 0 Å². The van der Waals surface area contributed by atoms with Crippen molar-refractivity contribution in [3.8, 4) is 0 Å². The van der Waals surface area contributed by atoms with Crippen molar-refractivity contribution < 1.29 is 39.3 Å². The number of hydrogen-bond donors (Lipinski definition) is 6. The van der Waals surface area contributed by atoms with Crippen LogP contribution in [0.1, 0.15) is 19.8 Å². The summed E-state index contributed by atoms with van der Waals surface area (Å²) in [6.45, 7) is 1.15. The first kappa shape index (κ1) is 19.3. The molecule has 0 heterocycles. The second-order valence-electron chi connectivity index (χ2n) is 4.43. The molecule has 0 radical (unpaired) electrons. The lowest BCUT2D eigenvalue weighted by atomic mass is 10.1. The largest absolute Gasteiger partial charge is 0.481 e. The molecule has 0 rings (SSSR count). The Hall–Kier alpha value is -2.69. The number of rotatable bonds is 9. The van der Waals surface area contributed by atoms with E-state index in [1.54, 1.807) is 0 Å². The lowest BCUT2D eigenvalue weighted by molar-refractivity contribution is -0.144. The molecule has 22 heavy (non-hydrogen) atoms. The summed E-state index contributed by atoms with van der Waals surface area (Å²) >= 11 is 0. The van der Waals surface area contributed by atoms with Gasteiger partial charge in [-0.2, -0.15) is 0 Å². The molecule has 0 aliphatic heterocycles. The molecule has 0 fully saturated rings. The Bertz CT molecular complexity index is 478. The summed E-state index contributed by atoms with van der Waals surface area (Å²) in [4.78, 5) is 55.1. The Morgan fingerprint density at radius 2 is 1.41 bits per heavy atom. The van der Waals surface area contributed by atoms with Gasteiger partial charge in [0.15, 0.2) is 0 Å². The molecule has 0 aromatic rings. The third-order valence-electron chi connectivity index (χ3n) is 2.47. The van der Waals surface area contributed by atoms with Gasteiger partial charge in [-0.1, -0.05) is 0 Å². The minimum Gasteiger partial charge on any atom is -0.481 e. The van der Waals surface area contributed by atoms with Crippen molar-refractivity contribution in [1.82, 2.24) is 10.6 Å². The lowest BCUT2D eigenvalue weighted by Gasteiger charge is -2.20. The van der Waals surface area contributed by atoms with Gasteiger partial charge >= 0.3 is 17.9 Å². The van der Waals surface area contributed by atoms with E-state index in [9.17, 15) is 24.0 Å². The predicted molar refractivity (Wildman–Crippen MR) is 69.7 cm³/mol. The van der Waals surface area contributed by atoms with Gasteiger partial charge in [0.05, 0.1) is 18.9 Å². The van der Waals surface area contributed by atoms with Crippen LogP contribution in [0.3, 0.4) is 0 Å². The fourth-order valence-electron chi connectivity index (χ4n) is 1.32. The third kappa shape index (κ3) is 7.19. The molecule has 2 amide bonds. The smallest absolute Gasteiger partial charge is 0.325 e. The highest BCUT2D eigenvalue weighted by Crippen LogP contribution is 1.98. The van der Waals surface area contributed by atoms with Gasteiger partial charge in [0.25, 0.3) is 0 Å². The van der Waals surface area contributed by atoms with E-state index >= 15 is 0 Å². The van der Waals surface area contributed by atoms with E-state index in [2.05, 4.69) is 0 Å². The summed E-state index contributed by atoms with van der Waals surface area (Å²) in [5.74, 6) is -6.19. The molecule has 0 aromatic carbocycles. The Morgan fingerprint density at radius 3 is 1.82 bits per heavy atom. The van der Waals surface area contributed by atoms with Crippen LogP contribution in [-0.4, -0.2) is 63.2 Å². The van der Waals surface area contributed by atoms with E-state index in [1.807, 2.05) is 10.6 Å². The van der Waals surface area contributed by atoms with Gasteiger partial charge in [-0.3, -0.25) is 24.0 Å². The van der Waals surface area contributed by atoms with Crippen molar-refractivity contribution >= 4 is 29.7 Å². The number of aliphatic carboxylic acids is 3. The molecule has 11 heteroatoms. The van der Waals surface area contributed by atoms with Crippen LogP contribution in [0, 0.1) is 0 Å². The summed E-state index contributed by atoms with van der Waals surface area (Å²) in [6.07, 6.45) is -1.53. The number of nitrogens with one attached hydrogen (secondary N) is 2. The highest BCUT2D eigenvalue weighted by Gasteiger charge is 2.28. The van der Waals surface area contributed by atoms with E-state index in [-0.39, 0.29) is 0 Å². The third-order valence-corrected chi connectivity index (χ3v) is 2.47. The van der Waals surface area contributed by atoms with E-state index in [0.717, 1.165) is 6.92 Å². The molecule has 0 saturated heterocycles. The van der Waals surface area contributed by atoms with Gasteiger partial charge in [-0.15, -0.1) is 0 Å². The quantitative estimate of drug-likeness (QED) is 0.262. The molecule has 11 nitrogen and oxygen atoms in total. The summed E-state index contributed by atoms with van der Waals surface area (Å²) < 4.78 is 0. The molecule has 0 bridgehead atoms. The van der Waals surface area contributed by atoms with Crippen LogP contribution in [0.25, 0.3) is 0 Å². The average molecular weight is 319 g/mol. The van der Waals surface area contributed by atoms with Gasteiger partial charge in [0, 0.05) is 0 Å². The van der Waals surface area contributed by atoms with Crippen molar-refractivity contribution in [2.75, 3.05) is 0 Å². The monoisotopic (exact) mass is 319 g/mol. The molecule has 124 valence electrons. The molecule has 0 saturated carbocycles. The van der Waals surface area contributed by atoms with Crippen molar-refractivity contribution in [2.24, 2.45) is 5.73 Å². The maximum Gasteiger partial charge on any atom is 0.325 e. The molecule has 0 unspecified atom stereocenters. The number of nitrogens with two attached hydrogens (primary N) is 1. The van der Waals surface area contributed by atoms with E-state index in [4.69, 9.17) is 21.1 Å². The van der Waals surface area contributed by atoms with Crippen LogP contribution in [0.4, 0.5) is 0 Å². The standard InChI is InChI=1S/C11H17N3O8/c1-4(11(21)22)13-10(20)6(3-8(17)18)14-9(19)5(12)2-7(15)16/h4-6H,2-3,12H2,1H3,(H,13,20)(H,14,19)(H,15,16)(H,17,18)(H,21,22)/t4-,5-,6-/m0/s1. The highest BCUT2D eigenvalue weighted by atomic mass is 16.4. The number of amides is 2. The van der Waals surface area contributed by atoms with E-state index in [1.165, 1.54) is 0 Å². The predicted octanol–water partition coefficient (Wildman–Crippen LogP) is -2.66. The van der Waals surface area contributed by atoms with Gasteiger partial charge < -0.3 is 31.7 Å². The number of carbonyl (C=O) groups excluding carboxylic acids is 2. The lowest BCUT2D eigenvalue weighted by Crippen LogP contribution is -2.54. The fraction of sp³-hybridized carbons (Fsp3) is 0.545. The first-order chi connectivity index (χ1) is 10.0. The molecular weight excluding hydrogens is 302 g/mol. The van der Waals surface area contributed by atoms with Crippen LogP contribution in [0.2, 0.25) is 0 Å². The maximum atomic E-state index is 11.8. The molecular formula is C11H17N3O8. The molecule has 0 aliphatic rings. The average Bonchev–Trinajstić information content (AvgIpc) is 2.35. The zero-order valence-corrected chi connectivity index (χ0v) is 11.6. The van der Waals surface area contributed by atoms with Crippen molar-refractivity contribution in [3.63, 3.8) is 0 Å². The van der Waals surface area contributed by atoms with Crippen LogP contribution in [0.15, 0.2) is 0 Å². The Balaban J connectivity index is 4.86. The fourth-order valence-corrected chi connectivity index (χ4v) is 1.32. The second kappa shape index (κ2) is 8.56. The summed E-state index contributed by atoms with van der Waals surface area (Å²) in [6, 6.07) is -4.35. The second-order valence-corrected chi connectivity index (χ2v) is 4.43. The first-order valence-corrected chi connectivity index (χ1v) is 6.07. The zero-order valence-electron chi connectivity index (χ0n) is 11.6. The number of carbonyl (C=O) groups is 5. The number of carboxylic acids is 3. The Labute approximate surface area is 124 Å². The van der Waals surface area contributed by atoms with E-state index < -0.39 is 60.7 Å². The minimum absolute atomic E-state index is 0.710. The van der Waals surface area contributed by atoms with Gasteiger partial charge in [0.2, 0.25) is 11.8 Å². The normalized spacial score (nSPS) is 14.3. The topological polar surface area (TPSA) is 196 Å². The SMILES string of the molecule is C[C@H](NC(=O)[C@H](CC(=O)O)NC(=O)[C@@H](N)CC(=O)O)C(=O)O. The first-order valence-electron chi connectivity index (χ1n) is 6.07. The Morgan fingerprint density at radius 1 is 0.909 bits per heavy atom.